The Morgan fingerprint density at radius 1 is 1.12 bits per heavy atom. The van der Waals surface area contributed by atoms with E-state index < -0.39 is 23.9 Å². The van der Waals surface area contributed by atoms with Crippen molar-refractivity contribution in [3.8, 4) is 0 Å². The SMILES string of the molecule is Cc1c(CN=[N+]=[N-])cc(N2CCN(C(=O)OC(C)(C)C)CC2)c(C)c1B1OC(C)(C)C(C)(C)O1. The van der Waals surface area contributed by atoms with Crippen LogP contribution >= 0.6 is 0 Å². The number of piperazine rings is 1. The van der Waals surface area contributed by atoms with E-state index in [1.54, 1.807) is 4.90 Å². The van der Waals surface area contributed by atoms with E-state index in [2.05, 4.69) is 27.9 Å². The molecule has 2 saturated heterocycles. The number of benzene rings is 1. The Kier molecular flexibility index (Phi) is 7.18. The number of carbonyl (C=O) groups excluding carboxylic acids is 1. The maximum Gasteiger partial charge on any atom is 0.495 e. The van der Waals surface area contributed by atoms with Crippen molar-refractivity contribution in [3.05, 3.63) is 33.2 Å². The summed E-state index contributed by atoms with van der Waals surface area (Å²) in [5.41, 5.74) is 12.5. The maximum absolute atomic E-state index is 12.5. The molecule has 186 valence electrons. The van der Waals surface area contributed by atoms with Crippen LogP contribution < -0.4 is 10.4 Å². The van der Waals surface area contributed by atoms with Gasteiger partial charge in [-0.25, -0.2) is 4.79 Å². The van der Waals surface area contributed by atoms with Gasteiger partial charge in [-0.3, -0.25) is 0 Å². The molecule has 0 atom stereocenters. The van der Waals surface area contributed by atoms with E-state index in [-0.39, 0.29) is 12.6 Å². The molecular formula is C24H38BN5O4. The van der Waals surface area contributed by atoms with Crippen LogP contribution in [-0.4, -0.2) is 61.1 Å². The van der Waals surface area contributed by atoms with Gasteiger partial charge in [0, 0.05) is 36.8 Å². The Balaban J connectivity index is 1.92. The molecule has 34 heavy (non-hydrogen) atoms. The summed E-state index contributed by atoms with van der Waals surface area (Å²) >= 11 is 0. The van der Waals surface area contributed by atoms with Gasteiger partial charge in [0.1, 0.15) is 5.60 Å². The maximum atomic E-state index is 12.5. The minimum Gasteiger partial charge on any atom is -0.444 e. The predicted molar refractivity (Wildman–Crippen MR) is 135 cm³/mol. The first-order valence-electron chi connectivity index (χ1n) is 11.9. The van der Waals surface area contributed by atoms with Gasteiger partial charge in [-0.1, -0.05) is 5.11 Å². The molecule has 1 aromatic carbocycles. The number of amides is 1. The van der Waals surface area contributed by atoms with Crippen molar-refractivity contribution >= 4 is 24.4 Å². The van der Waals surface area contributed by atoms with Gasteiger partial charge < -0.3 is 23.8 Å². The van der Waals surface area contributed by atoms with Gasteiger partial charge in [-0.15, -0.1) is 0 Å². The number of ether oxygens (including phenoxy) is 1. The van der Waals surface area contributed by atoms with Crippen LogP contribution in [0.5, 0.6) is 0 Å². The van der Waals surface area contributed by atoms with Gasteiger partial charge in [0.05, 0.1) is 17.7 Å². The van der Waals surface area contributed by atoms with Crippen molar-refractivity contribution in [1.82, 2.24) is 4.90 Å². The monoisotopic (exact) mass is 471 g/mol. The van der Waals surface area contributed by atoms with Crippen molar-refractivity contribution in [3.63, 3.8) is 0 Å². The third-order valence-corrected chi connectivity index (χ3v) is 7.05. The summed E-state index contributed by atoms with van der Waals surface area (Å²) in [4.78, 5) is 19.5. The first kappa shape index (κ1) is 26.2. The lowest BCUT2D eigenvalue weighted by atomic mass is 9.71. The molecule has 0 spiro atoms. The summed E-state index contributed by atoms with van der Waals surface area (Å²) in [7, 11) is -0.516. The van der Waals surface area contributed by atoms with Gasteiger partial charge >= 0.3 is 13.2 Å². The summed E-state index contributed by atoms with van der Waals surface area (Å²) in [5, 5.41) is 3.82. The Hall–Kier alpha value is -2.42. The van der Waals surface area contributed by atoms with E-state index in [0.29, 0.717) is 26.2 Å². The highest BCUT2D eigenvalue weighted by atomic mass is 16.7. The average Bonchev–Trinajstić information content (AvgIpc) is 2.93. The van der Waals surface area contributed by atoms with Crippen LogP contribution in [0, 0.1) is 13.8 Å². The Morgan fingerprint density at radius 2 is 1.68 bits per heavy atom. The summed E-state index contributed by atoms with van der Waals surface area (Å²) in [6.45, 7) is 20.6. The summed E-state index contributed by atoms with van der Waals surface area (Å²) in [6, 6.07) is 2.09. The molecule has 1 amide bonds. The van der Waals surface area contributed by atoms with Gasteiger partial charge in [0.15, 0.2) is 0 Å². The van der Waals surface area contributed by atoms with Gasteiger partial charge in [-0.2, -0.15) is 0 Å². The second-order valence-electron chi connectivity index (χ2n) is 11.2. The molecule has 0 saturated carbocycles. The molecule has 0 aromatic heterocycles. The van der Waals surface area contributed by atoms with Crippen molar-refractivity contribution < 1.29 is 18.8 Å². The highest BCUT2D eigenvalue weighted by Gasteiger charge is 2.52. The first-order valence-corrected chi connectivity index (χ1v) is 11.9. The zero-order valence-corrected chi connectivity index (χ0v) is 22.1. The Labute approximate surface area is 203 Å². The number of anilines is 1. The minimum atomic E-state index is -0.518. The highest BCUT2D eigenvalue weighted by Crippen LogP contribution is 2.38. The zero-order chi connectivity index (χ0) is 25.5. The van der Waals surface area contributed by atoms with Gasteiger partial charge in [0.25, 0.3) is 0 Å². The van der Waals surface area contributed by atoms with Gasteiger partial charge in [0.2, 0.25) is 0 Å². The van der Waals surface area contributed by atoms with Crippen LogP contribution in [0.3, 0.4) is 0 Å². The Bertz CT molecular complexity index is 974. The molecular weight excluding hydrogens is 433 g/mol. The van der Waals surface area contributed by atoms with E-state index in [1.807, 2.05) is 55.4 Å². The van der Waals surface area contributed by atoms with Crippen molar-refractivity contribution in [2.45, 2.75) is 85.7 Å². The largest absolute Gasteiger partial charge is 0.495 e. The first-order chi connectivity index (χ1) is 15.7. The number of carbonyl (C=O) groups is 1. The molecule has 2 heterocycles. The quantitative estimate of drug-likeness (QED) is 0.279. The molecule has 1 aromatic rings. The van der Waals surface area contributed by atoms with Crippen LogP contribution in [0.1, 0.15) is 65.2 Å². The van der Waals surface area contributed by atoms with E-state index in [9.17, 15) is 4.79 Å². The topological polar surface area (TPSA) is 100 Å². The average molecular weight is 471 g/mol. The lowest BCUT2D eigenvalue weighted by Gasteiger charge is -2.38. The third kappa shape index (κ3) is 5.29. The predicted octanol–water partition coefficient (Wildman–Crippen LogP) is 4.47. The standard InChI is InChI=1S/C24H38BN5O4/c1-16-18(15-27-28-26)14-19(17(2)20(16)25-33-23(6,7)24(8,9)34-25)29-10-12-30(13-11-29)21(31)32-22(3,4)5/h14H,10-13,15H2,1-9H3. The molecule has 3 rings (SSSR count). The van der Waals surface area contributed by atoms with Crippen LogP contribution in [0.2, 0.25) is 0 Å². The summed E-state index contributed by atoms with van der Waals surface area (Å²) in [5.74, 6) is 0. The number of nitrogens with zero attached hydrogens (tertiary/aromatic N) is 5. The lowest BCUT2D eigenvalue weighted by molar-refractivity contribution is 0.00578. The number of hydrogen-bond donors (Lipinski definition) is 0. The van der Waals surface area contributed by atoms with E-state index >= 15 is 0 Å². The summed E-state index contributed by atoms with van der Waals surface area (Å²) in [6.07, 6.45) is -0.283. The zero-order valence-electron chi connectivity index (χ0n) is 22.1. The Morgan fingerprint density at radius 3 is 2.18 bits per heavy atom. The fourth-order valence-electron chi connectivity index (χ4n) is 4.35. The van der Waals surface area contributed by atoms with Crippen LogP contribution in [-0.2, 0) is 20.6 Å². The molecule has 9 nitrogen and oxygen atoms in total. The van der Waals surface area contributed by atoms with Crippen LogP contribution in [0.15, 0.2) is 11.2 Å². The third-order valence-electron chi connectivity index (χ3n) is 7.05. The smallest absolute Gasteiger partial charge is 0.444 e. The lowest BCUT2D eigenvalue weighted by Crippen LogP contribution is -2.50. The van der Waals surface area contributed by atoms with E-state index in [0.717, 1.165) is 27.8 Å². The molecule has 0 N–H and O–H groups in total. The second kappa shape index (κ2) is 9.32. The molecule has 0 aliphatic carbocycles. The van der Waals surface area contributed by atoms with Crippen molar-refractivity contribution in [2.75, 3.05) is 31.1 Å². The van der Waals surface area contributed by atoms with Gasteiger partial charge in [-0.05, 0) is 96.1 Å². The summed E-state index contributed by atoms with van der Waals surface area (Å²) < 4.78 is 18.3. The van der Waals surface area contributed by atoms with Crippen LogP contribution in [0.25, 0.3) is 10.4 Å². The van der Waals surface area contributed by atoms with Crippen molar-refractivity contribution in [1.29, 1.82) is 0 Å². The second-order valence-corrected chi connectivity index (χ2v) is 11.2. The molecule has 2 aliphatic heterocycles. The minimum absolute atomic E-state index is 0.250. The number of rotatable bonds is 4. The van der Waals surface area contributed by atoms with Crippen molar-refractivity contribution in [2.24, 2.45) is 5.11 Å². The molecule has 0 unspecified atom stereocenters. The van der Waals surface area contributed by atoms with Crippen LogP contribution in [0.4, 0.5) is 10.5 Å². The molecule has 0 bridgehead atoms. The van der Waals surface area contributed by atoms with E-state index in [4.69, 9.17) is 19.6 Å². The molecule has 2 fully saturated rings. The molecule has 0 radical (unpaired) electrons. The fraction of sp³-hybridized carbons (Fsp3) is 0.708. The normalized spacial score (nSPS) is 19.7. The molecule has 2 aliphatic rings. The van der Waals surface area contributed by atoms with E-state index in [1.165, 1.54) is 0 Å². The number of hydrogen-bond acceptors (Lipinski definition) is 6. The number of azide groups is 1. The highest BCUT2D eigenvalue weighted by molar-refractivity contribution is 6.63. The fourth-order valence-corrected chi connectivity index (χ4v) is 4.35. The molecule has 10 heteroatoms.